The molecule has 2 heterocycles. The molecular formula is C13H17BrN2O3S2. The molecule has 0 bridgehead atoms. The van der Waals surface area contributed by atoms with Gasteiger partial charge in [0.25, 0.3) is 0 Å². The van der Waals surface area contributed by atoms with Crippen molar-refractivity contribution in [1.82, 2.24) is 9.62 Å². The Hall–Kier alpha value is -0.670. The third kappa shape index (κ3) is 3.95. The standard InChI is InChI=1S/C13H17BrN2O3S2/c1-3-15-8-11-7-12(13(14)20-11)21(17,18)16(2)9-10-5-4-6-19-10/h4-7,15H,3,8-9H2,1-2H3. The predicted molar refractivity (Wildman–Crippen MR) is 86.8 cm³/mol. The van der Waals surface area contributed by atoms with E-state index in [0.29, 0.717) is 21.0 Å². The molecule has 2 rings (SSSR count). The molecule has 1 N–H and O–H groups in total. The fraction of sp³-hybridized carbons (Fsp3) is 0.385. The summed E-state index contributed by atoms with van der Waals surface area (Å²) in [6, 6.07) is 5.21. The first-order valence-electron chi connectivity index (χ1n) is 6.42. The first-order valence-corrected chi connectivity index (χ1v) is 9.47. The molecule has 0 saturated heterocycles. The molecule has 0 saturated carbocycles. The Balaban J connectivity index is 2.20. The van der Waals surface area contributed by atoms with Crippen molar-refractivity contribution >= 4 is 37.3 Å². The number of thiophene rings is 1. The van der Waals surface area contributed by atoms with Crippen LogP contribution in [0.3, 0.4) is 0 Å². The van der Waals surface area contributed by atoms with E-state index in [-0.39, 0.29) is 6.54 Å². The molecule has 0 unspecified atom stereocenters. The number of hydrogen-bond acceptors (Lipinski definition) is 5. The maximum atomic E-state index is 12.6. The Labute approximate surface area is 137 Å². The molecule has 0 spiro atoms. The fourth-order valence-corrected chi connectivity index (χ4v) is 5.52. The van der Waals surface area contributed by atoms with Crippen molar-refractivity contribution in [2.45, 2.75) is 24.9 Å². The number of halogens is 1. The zero-order valence-electron chi connectivity index (χ0n) is 11.8. The molecule has 0 radical (unpaired) electrons. The predicted octanol–water partition coefficient (Wildman–Crippen LogP) is 3.03. The zero-order chi connectivity index (χ0) is 15.5. The smallest absolute Gasteiger partial charge is 0.245 e. The minimum Gasteiger partial charge on any atom is -0.468 e. The van der Waals surface area contributed by atoms with Gasteiger partial charge in [0.15, 0.2) is 0 Å². The largest absolute Gasteiger partial charge is 0.468 e. The van der Waals surface area contributed by atoms with Crippen LogP contribution in [0.1, 0.15) is 17.6 Å². The molecule has 2 aromatic rings. The number of nitrogens with zero attached hydrogens (tertiary/aromatic N) is 1. The van der Waals surface area contributed by atoms with Gasteiger partial charge in [-0.05, 0) is 40.7 Å². The molecule has 0 fully saturated rings. The van der Waals surface area contributed by atoms with Crippen molar-refractivity contribution in [3.05, 3.63) is 38.9 Å². The van der Waals surface area contributed by atoms with Crippen molar-refractivity contribution in [3.8, 4) is 0 Å². The van der Waals surface area contributed by atoms with Crippen LogP contribution in [0, 0.1) is 0 Å². The second kappa shape index (κ2) is 7.06. The summed E-state index contributed by atoms with van der Waals surface area (Å²) in [5, 5.41) is 3.19. The van der Waals surface area contributed by atoms with E-state index in [1.54, 1.807) is 25.2 Å². The van der Waals surface area contributed by atoms with E-state index >= 15 is 0 Å². The number of sulfonamides is 1. The second-order valence-corrected chi connectivity index (χ2v) is 8.94. The summed E-state index contributed by atoms with van der Waals surface area (Å²) in [6.07, 6.45) is 1.53. The monoisotopic (exact) mass is 392 g/mol. The number of rotatable bonds is 7. The second-order valence-electron chi connectivity index (χ2n) is 4.47. The van der Waals surface area contributed by atoms with Gasteiger partial charge >= 0.3 is 0 Å². The van der Waals surface area contributed by atoms with Crippen LogP contribution in [0.5, 0.6) is 0 Å². The molecule has 0 aromatic carbocycles. The molecular weight excluding hydrogens is 376 g/mol. The molecule has 5 nitrogen and oxygen atoms in total. The average molecular weight is 393 g/mol. The van der Waals surface area contributed by atoms with Gasteiger partial charge in [0.1, 0.15) is 10.7 Å². The van der Waals surface area contributed by atoms with E-state index in [4.69, 9.17) is 4.42 Å². The minimum absolute atomic E-state index is 0.208. The number of hydrogen-bond donors (Lipinski definition) is 1. The van der Waals surface area contributed by atoms with Gasteiger partial charge < -0.3 is 9.73 Å². The molecule has 8 heteroatoms. The summed E-state index contributed by atoms with van der Waals surface area (Å²) in [6.45, 7) is 3.73. The topological polar surface area (TPSA) is 62.6 Å². The van der Waals surface area contributed by atoms with Crippen molar-refractivity contribution in [1.29, 1.82) is 0 Å². The molecule has 0 aliphatic carbocycles. The summed E-state index contributed by atoms with van der Waals surface area (Å²) in [4.78, 5) is 1.28. The van der Waals surface area contributed by atoms with Crippen LogP contribution in [0.15, 0.2) is 37.6 Å². The first-order chi connectivity index (χ1) is 9.95. The summed E-state index contributed by atoms with van der Waals surface area (Å²) < 4.78 is 32.3. The minimum atomic E-state index is -3.54. The lowest BCUT2D eigenvalue weighted by Gasteiger charge is -2.15. The van der Waals surface area contributed by atoms with Gasteiger partial charge in [0.05, 0.1) is 16.6 Å². The summed E-state index contributed by atoms with van der Waals surface area (Å²) >= 11 is 4.78. The van der Waals surface area contributed by atoms with Gasteiger partial charge in [-0.3, -0.25) is 0 Å². The lowest BCUT2D eigenvalue weighted by atomic mass is 10.4. The maximum absolute atomic E-state index is 12.6. The summed E-state index contributed by atoms with van der Waals surface area (Å²) in [7, 11) is -1.99. The third-order valence-corrected chi connectivity index (χ3v) is 6.96. The molecule has 0 amide bonds. The Kier molecular flexibility index (Phi) is 5.61. The number of nitrogens with one attached hydrogen (secondary N) is 1. The Morgan fingerprint density at radius 2 is 2.24 bits per heavy atom. The van der Waals surface area contributed by atoms with Crippen LogP contribution in [0.4, 0.5) is 0 Å². The van der Waals surface area contributed by atoms with Crippen molar-refractivity contribution in [2.75, 3.05) is 13.6 Å². The van der Waals surface area contributed by atoms with Crippen LogP contribution in [0.25, 0.3) is 0 Å². The highest BCUT2D eigenvalue weighted by atomic mass is 79.9. The van der Waals surface area contributed by atoms with Gasteiger partial charge in [-0.1, -0.05) is 6.92 Å². The van der Waals surface area contributed by atoms with Crippen LogP contribution in [-0.2, 0) is 23.1 Å². The lowest BCUT2D eigenvalue weighted by molar-refractivity contribution is 0.406. The molecule has 21 heavy (non-hydrogen) atoms. The average Bonchev–Trinajstić information content (AvgIpc) is 3.06. The first kappa shape index (κ1) is 16.7. The SMILES string of the molecule is CCNCc1cc(S(=O)(=O)N(C)Cc2ccco2)c(Br)s1. The summed E-state index contributed by atoms with van der Waals surface area (Å²) in [5.41, 5.74) is 0. The van der Waals surface area contributed by atoms with Crippen molar-refractivity contribution in [3.63, 3.8) is 0 Å². The number of furan rings is 1. The van der Waals surface area contributed by atoms with Gasteiger partial charge in [0.2, 0.25) is 10.0 Å². The zero-order valence-corrected chi connectivity index (χ0v) is 15.0. The normalized spacial score (nSPS) is 12.2. The molecule has 0 atom stereocenters. The van der Waals surface area contributed by atoms with Crippen molar-refractivity contribution in [2.24, 2.45) is 0 Å². The van der Waals surface area contributed by atoms with Crippen LogP contribution < -0.4 is 5.32 Å². The van der Waals surface area contributed by atoms with E-state index in [2.05, 4.69) is 21.2 Å². The van der Waals surface area contributed by atoms with Gasteiger partial charge in [-0.2, -0.15) is 4.31 Å². The van der Waals surface area contributed by atoms with Gasteiger partial charge in [0, 0.05) is 18.5 Å². The maximum Gasteiger partial charge on any atom is 0.245 e. The van der Waals surface area contributed by atoms with E-state index in [1.807, 2.05) is 6.92 Å². The van der Waals surface area contributed by atoms with E-state index in [9.17, 15) is 8.42 Å². The highest BCUT2D eigenvalue weighted by molar-refractivity contribution is 9.11. The summed E-state index contributed by atoms with van der Waals surface area (Å²) in [5.74, 6) is 0.611. The van der Waals surface area contributed by atoms with Crippen LogP contribution in [-0.4, -0.2) is 26.3 Å². The van der Waals surface area contributed by atoms with E-state index < -0.39 is 10.0 Å². The lowest BCUT2D eigenvalue weighted by Crippen LogP contribution is -2.26. The highest BCUT2D eigenvalue weighted by Crippen LogP contribution is 2.33. The van der Waals surface area contributed by atoms with E-state index in [0.717, 1.165) is 11.4 Å². The van der Waals surface area contributed by atoms with Gasteiger partial charge in [-0.25, -0.2) is 8.42 Å². The van der Waals surface area contributed by atoms with Crippen molar-refractivity contribution < 1.29 is 12.8 Å². The van der Waals surface area contributed by atoms with Gasteiger partial charge in [-0.15, -0.1) is 11.3 Å². The molecule has 0 aliphatic rings. The Morgan fingerprint density at radius 3 is 2.86 bits per heavy atom. The van der Waals surface area contributed by atoms with E-state index in [1.165, 1.54) is 21.9 Å². The Morgan fingerprint density at radius 1 is 1.48 bits per heavy atom. The molecule has 0 aliphatic heterocycles. The highest BCUT2D eigenvalue weighted by Gasteiger charge is 2.26. The fourth-order valence-electron chi connectivity index (χ4n) is 1.78. The molecule has 2 aromatic heterocycles. The van der Waals surface area contributed by atoms with Crippen LogP contribution >= 0.6 is 27.3 Å². The van der Waals surface area contributed by atoms with Crippen LogP contribution in [0.2, 0.25) is 0 Å². The quantitative estimate of drug-likeness (QED) is 0.786. The third-order valence-electron chi connectivity index (χ3n) is 2.90. The molecule has 116 valence electrons. The Bertz CT molecular complexity index is 680.